The van der Waals surface area contributed by atoms with Crippen molar-refractivity contribution in [3.8, 4) is 0 Å². The van der Waals surface area contributed by atoms with Crippen LogP contribution in [0.1, 0.15) is 18.4 Å². The molecule has 0 unspecified atom stereocenters. The minimum Gasteiger partial charge on any atom is -0.370 e. The van der Waals surface area contributed by atoms with Gasteiger partial charge in [-0.15, -0.1) is 0 Å². The highest BCUT2D eigenvalue weighted by Crippen LogP contribution is 2.11. The van der Waals surface area contributed by atoms with Crippen LogP contribution in [0.25, 0.3) is 0 Å². The van der Waals surface area contributed by atoms with Gasteiger partial charge in [0.2, 0.25) is 0 Å². The fourth-order valence-electron chi connectivity index (χ4n) is 1.61. The summed E-state index contributed by atoms with van der Waals surface area (Å²) in [7, 11) is 0. The molecule has 5 nitrogen and oxygen atoms in total. The van der Waals surface area contributed by atoms with E-state index in [-0.39, 0.29) is 0 Å². The van der Waals surface area contributed by atoms with Crippen LogP contribution in [0.2, 0.25) is 0 Å². The SMILES string of the molecule is CCNc1cc(NCc2ccccn2)nc(C)n1. The molecule has 5 heteroatoms. The van der Waals surface area contributed by atoms with Gasteiger partial charge in [-0.3, -0.25) is 4.98 Å². The Morgan fingerprint density at radius 3 is 2.56 bits per heavy atom. The van der Waals surface area contributed by atoms with E-state index in [9.17, 15) is 0 Å². The summed E-state index contributed by atoms with van der Waals surface area (Å²) in [5.74, 6) is 2.40. The first-order valence-electron chi connectivity index (χ1n) is 6.01. The van der Waals surface area contributed by atoms with Crippen LogP contribution in [0, 0.1) is 6.92 Å². The Kier molecular flexibility index (Phi) is 4.06. The van der Waals surface area contributed by atoms with Crippen LogP contribution in [0.4, 0.5) is 11.6 Å². The van der Waals surface area contributed by atoms with Crippen LogP contribution in [0.15, 0.2) is 30.5 Å². The van der Waals surface area contributed by atoms with E-state index < -0.39 is 0 Å². The molecule has 0 fully saturated rings. The summed E-state index contributed by atoms with van der Waals surface area (Å²) < 4.78 is 0. The van der Waals surface area contributed by atoms with Gasteiger partial charge in [-0.2, -0.15) is 0 Å². The first-order valence-corrected chi connectivity index (χ1v) is 6.01. The number of pyridine rings is 1. The lowest BCUT2D eigenvalue weighted by Gasteiger charge is -2.08. The van der Waals surface area contributed by atoms with Gasteiger partial charge in [0.15, 0.2) is 0 Å². The summed E-state index contributed by atoms with van der Waals surface area (Å²) in [6.07, 6.45) is 1.78. The predicted octanol–water partition coefficient (Wildman–Crippen LogP) is 2.22. The molecule has 0 saturated heterocycles. The van der Waals surface area contributed by atoms with Crippen molar-refractivity contribution in [3.63, 3.8) is 0 Å². The molecule has 0 aliphatic carbocycles. The van der Waals surface area contributed by atoms with E-state index in [0.717, 1.165) is 29.7 Å². The lowest BCUT2D eigenvalue weighted by Crippen LogP contribution is -2.07. The molecule has 2 aromatic heterocycles. The van der Waals surface area contributed by atoms with Crippen molar-refractivity contribution in [1.29, 1.82) is 0 Å². The molecule has 0 aromatic carbocycles. The third-order valence-electron chi connectivity index (χ3n) is 2.37. The number of anilines is 2. The third kappa shape index (κ3) is 3.41. The lowest BCUT2D eigenvalue weighted by atomic mass is 10.3. The van der Waals surface area contributed by atoms with Crippen LogP contribution in [0.5, 0.6) is 0 Å². The molecule has 2 heterocycles. The van der Waals surface area contributed by atoms with Gasteiger partial charge >= 0.3 is 0 Å². The van der Waals surface area contributed by atoms with Crippen LogP contribution in [-0.2, 0) is 6.54 Å². The summed E-state index contributed by atoms with van der Waals surface area (Å²) in [5.41, 5.74) is 0.985. The molecule has 2 aromatic rings. The van der Waals surface area contributed by atoms with Gasteiger partial charge in [0.25, 0.3) is 0 Å². The third-order valence-corrected chi connectivity index (χ3v) is 2.37. The molecule has 0 atom stereocenters. The second kappa shape index (κ2) is 5.95. The summed E-state index contributed by atoms with van der Waals surface area (Å²) in [6.45, 7) is 5.42. The van der Waals surface area contributed by atoms with E-state index in [4.69, 9.17) is 0 Å². The van der Waals surface area contributed by atoms with E-state index in [1.54, 1.807) is 6.20 Å². The quantitative estimate of drug-likeness (QED) is 0.843. The molecular weight excluding hydrogens is 226 g/mol. The predicted molar refractivity (Wildman–Crippen MR) is 72.5 cm³/mol. The molecule has 2 rings (SSSR count). The fraction of sp³-hybridized carbons (Fsp3) is 0.308. The van der Waals surface area contributed by atoms with Gasteiger partial charge in [-0.25, -0.2) is 9.97 Å². The Labute approximate surface area is 107 Å². The number of nitrogens with one attached hydrogen (secondary N) is 2. The summed E-state index contributed by atoms with van der Waals surface area (Å²) in [4.78, 5) is 12.9. The van der Waals surface area contributed by atoms with Gasteiger partial charge in [0.05, 0.1) is 12.2 Å². The van der Waals surface area contributed by atoms with Gasteiger partial charge in [-0.05, 0) is 26.0 Å². The molecule has 0 amide bonds. The normalized spacial score (nSPS) is 10.1. The molecule has 94 valence electrons. The highest BCUT2D eigenvalue weighted by Gasteiger charge is 2.01. The van der Waals surface area contributed by atoms with E-state index >= 15 is 0 Å². The van der Waals surface area contributed by atoms with E-state index in [0.29, 0.717) is 6.54 Å². The summed E-state index contributed by atoms with van der Waals surface area (Å²) in [6, 6.07) is 7.76. The smallest absolute Gasteiger partial charge is 0.132 e. The average Bonchev–Trinajstić information content (AvgIpc) is 2.37. The maximum absolute atomic E-state index is 4.34. The van der Waals surface area contributed by atoms with E-state index in [1.807, 2.05) is 38.1 Å². The van der Waals surface area contributed by atoms with Crippen molar-refractivity contribution in [2.24, 2.45) is 0 Å². The zero-order valence-corrected chi connectivity index (χ0v) is 10.6. The molecular formula is C13H17N5. The summed E-state index contributed by atoms with van der Waals surface area (Å²) >= 11 is 0. The Hall–Kier alpha value is -2.17. The number of nitrogens with zero attached hydrogens (tertiary/aromatic N) is 3. The van der Waals surface area contributed by atoms with Gasteiger partial charge in [-0.1, -0.05) is 6.07 Å². The number of hydrogen-bond acceptors (Lipinski definition) is 5. The molecule has 0 bridgehead atoms. The average molecular weight is 243 g/mol. The van der Waals surface area contributed by atoms with Gasteiger partial charge in [0, 0.05) is 18.8 Å². The van der Waals surface area contributed by atoms with Crippen molar-refractivity contribution < 1.29 is 0 Å². The van der Waals surface area contributed by atoms with Crippen LogP contribution in [0.3, 0.4) is 0 Å². The van der Waals surface area contributed by atoms with Gasteiger partial charge in [0.1, 0.15) is 17.5 Å². The Bertz CT molecular complexity index is 498. The van der Waals surface area contributed by atoms with Crippen molar-refractivity contribution in [3.05, 3.63) is 42.0 Å². The number of aryl methyl sites for hydroxylation is 1. The van der Waals surface area contributed by atoms with Crippen molar-refractivity contribution >= 4 is 11.6 Å². The minimum absolute atomic E-state index is 0.656. The molecule has 0 aliphatic rings. The lowest BCUT2D eigenvalue weighted by molar-refractivity contribution is 0.989. The molecule has 2 N–H and O–H groups in total. The molecule has 18 heavy (non-hydrogen) atoms. The monoisotopic (exact) mass is 243 g/mol. The van der Waals surface area contributed by atoms with Gasteiger partial charge < -0.3 is 10.6 Å². The fourth-order valence-corrected chi connectivity index (χ4v) is 1.61. The Balaban J connectivity index is 2.05. The standard InChI is InChI=1S/C13H17N5/c1-3-14-12-8-13(18-10(2)17-12)16-9-11-6-4-5-7-15-11/h4-8H,3,9H2,1-2H3,(H2,14,16,17,18). The molecule has 0 radical (unpaired) electrons. The number of hydrogen-bond donors (Lipinski definition) is 2. The second-order valence-electron chi connectivity index (χ2n) is 3.89. The highest BCUT2D eigenvalue weighted by molar-refractivity contribution is 5.47. The molecule has 0 spiro atoms. The van der Waals surface area contributed by atoms with E-state index in [1.165, 1.54) is 0 Å². The van der Waals surface area contributed by atoms with Crippen molar-refractivity contribution in [2.75, 3.05) is 17.2 Å². The maximum Gasteiger partial charge on any atom is 0.132 e. The number of rotatable bonds is 5. The van der Waals surface area contributed by atoms with Crippen molar-refractivity contribution in [1.82, 2.24) is 15.0 Å². The van der Waals surface area contributed by atoms with Crippen LogP contribution < -0.4 is 10.6 Å². The molecule has 0 aliphatic heterocycles. The largest absolute Gasteiger partial charge is 0.370 e. The number of aromatic nitrogens is 3. The Morgan fingerprint density at radius 2 is 1.89 bits per heavy atom. The van der Waals surface area contributed by atoms with E-state index in [2.05, 4.69) is 25.6 Å². The highest BCUT2D eigenvalue weighted by atomic mass is 15.1. The zero-order valence-electron chi connectivity index (χ0n) is 10.6. The Morgan fingerprint density at radius 1 is 1.11 bits per heavy atom. The first-order chi connectivity index (χ1) is 8.78. The topological polar surface area (TPSA) is 62.7 Å². The van der Waals surface area contributed by atoms with Crippen LogP contribution in [-0.4, -0.2) is 21.5 Å². The molecule has 0 saturated carbocycles. The summed E-state index contributed by atoms with van der Waals surface area (Å²) in [5, 5.41) is 6.43. The maximum atomic E-state index is 4.34. The van der Waals surface area contributed by atoms with Crippen molar-refractivity contribution in [2.45, 2.75) is 20.4 Å². The zero-order chi connectivity index (χ0) is 12.8. The minimum atomic E-state index is 0.656. The first kappa shape index (κ1) is 12.3. The second-order valence-corrected chi connectivity index (χ2v) is 3.89. The van der Waals surface area contributed by atoms with Crippen LogP contribution >= 0.6 is 0 Å².